The van der Waals surface area contributed by atoms with Gasteiger partial charge in [0.25, 0.3) is 0 Å². The van der Waals surface area contributed by atoms with Gasteiger partial charge in [-0.3, -0.25) is 5.43 Å². The van der Waals surface area contributed by atoms with E-state index in [1.165, 1.54) is 0 Å². The van der Waals surface area contributed by atoms with Gasteiger partial charge in [0.1, 0.15) is 0 Å². The maximum absolute atomic E-state index is 6.34. The Bertz CT molecular complexity index is 892. The minimum atomic E-state index is 0.446. The largest absolute Gasteiger partial charge is 0.493 e. The number of aryl methyl sites for hydroxylation is 1. The summed E-state index contributed by atoms with van der Waals surface area (Å²) < 4.78 is 10.5. The molecule has 1 N–H and O–H groups in total. The first kappa shape index (κ1) is 17.7. The number of halogens is 1. The number of hydrogen-bond donors (Lipinski definition) is 1. The lowest BCUT2D eigenvalue weighted by molar-refractivity contribution is 0.355. The SMILES string of the molecule is COc1ccc(/C=N\Nc2nc(-c3cccs3)c(C)s2)c(Cl)c1OC. The van der Waals surface area contributed by atoms with Gasteiger partial charge in [0.15, 0.2) is 11.5 Å². The molecule has 3 rings (SSSR count). The first-order valence-electron chi connectivity index (χ1n) is 7.35. The number of hydrogen-bond acceptors (Lipinski definition) is 7. The third kappa shape index (κ3) is 3.78. The Morgan fingerprint density at radius 1 is 1.24 bits per heavy atom. The number of nitrogens with one attached hydrogen (secondary N) is 1. The number of ether oxygens (including phenoxy) is 2. The van der Waals surface area contributed by atoms with Crippen LogP contribution in [0.5, 0.6) is 11.5 Å². The standard InChI is InChI=1S/C17H16ClN3O2S2/c1-10-15(13-5-4-8-24-13)20-17(25-10)21-19-9-11-6-7-12(22-2)16(23-3)14(11)18/h4-9H,1-3H3,(H,20,21)/b19-9-. The van der Waals surface area contributed by atoms with E-state index < -0.39 is 0 Å². The second-order valence-electron chi connectivity index (χ2n) is 4.98. The van der Waals surface area contributed by atoms with Crippen molar-refractivity contribution < 1.29 is 9.47 Å². The highest BCUT2D eigenvalue weighted by molar-refractivity contribution is 7.17. The Hall–Kier alpha value is -2.09. The second-order valence-corrected chi connectivity index (χ2v) is 7.50. The molecule has 0 spiro atoms. The van der Waals surface area contributed by atoms with Crippen LogP contribution in [0.15, 0.2) is 34.7 Å². The summed E-state index contributed by atoms with van der Waals surface area (Å²) in [7, 11) is 3.12. The van der Waals surface area contributed by atoms with Gasteiger partial charge >= 0.3 is 0 Å². The molecule has 2 heterocycles. The average Bonchev–Trinajstić information content (AvgIpc) is 3.25. The number of thiophene rings is 1. The molecule has 8 heteroatoms. The lowest BCUT2D eigenvalue weighted by atomic mass is 10.2. The number of thiazole rings is 1. The summed E-state index contributed by atoms with van der Waals surface area (Å²) in [6, 6.07) is 7.68. The molecule has 1 aromatic carbocycles. The topological polar surface area (TPSA) is 55.7 Å². The summed E-state index contributed by atoms with van der Waals surface area (Å²) in [4.78, 5) is 6.88. The van der Waals surface area contributed by atoms with Crippen LogP contribution in [0.1, 0.15) is 10.4 Å². The summed E-state index contributed by atoms with van der Waals surface area (Å²) in [6.07, 6.45) is 1.63. The lowest BCUT2D eigenvalue weighted by Gasteiger charge is -2.10. The molecule has 0 fully saturated rings. The molecular weight excluding hydrogens is 378 g/mol. The van der Waals surface area contributed by atoms with E-state index in [-0.39, 0.29) is 0 Å². The van der Waals surface area contributed by atoms with Crippen LogP contribution in [0.25, 0.3) is 10.6 Å². The van der Waals surface area contributed by atoms with Crippen molar-refractivity contribution in [2.24, 2.45) is 5.10 Å². The molecule has 3 aromatic rings. The van der Waals surface area contributed by atoms with E-state index >= 15 is 0 Å². The van der Waals surface area contributed by atoms with Crippen molar-refractivity contribution in [3.63, 3.8) is 0 Å². The summed E-state index contributed by atoms with van der Waals surface area (Å²) in [6.45, 7) is 2.05. The van der Waals surface area contributed by atoms with Gasteiger partial charge in [0, 0.05) is 10.4 Å². The number of nitrogens with zero attached hydrogens (tertiary/aromatic N) is 2. The molecule has 0 saturated heterocycles. The third-order valence-corrected chi connectivity index (χ3v) is 5.57. The van der Waals surface area contributed by atoms with E-state index in [2.05, 4.69) is 21.6 Å². The van der Waals surface area contributed by atoms with Crippen LogP contribution in [-0.2, 0) is 0 Å². The van der Waals surface area contributed by atoms with Crippen LogP contribution in [-0.4, -0.2) is 25.4 Å². The zero-order valence-electron chi connectivity index (χ0n) is 13.9. The van der Waals surface area contributed by atoms with Crippen molar-refractivity contribution in [3.8, 4) is 22.1 Å². The molecule has 5 nitrogen and oxygen atoms in total. The molecule has 130 valence electrons. The number of rotatable bonds is 6. The minimum absolute atomic E-state index is 0.446. The Labute approximate surface area is 158 Å². The quantitative estimate of drug-likeness (QED) is 0.456. The molecular formula is C17H16ClN3O2S2. The third-order valence-electron chi connectivity index (χ3n) is 3.43. The van der Waals surface area contributed by atoms with Crippen LogP contribution in [0.4, 0.5) is 5.13 Å². The molecule has 0 aliphatic carbocycles. The fraction of sp³-hybridized carbons (Fsp3) is 0.176. The van der Waals surface area contributed by atoms with Crippen molar-refractivity contribution in [3.05, 3.63) is 45.1 Å². The fourth-order valence-electron chi connectivity index (χ4n) is 2.25. The molecule has 0 amide bonds. The summed E-state index contributed by atoms with van der Waals surface area (Å²) in [5.41, 5.74) is 4.67. The number of hydrazone groups is 1. The number of benzene rings is 1. The zero-order valence-corrected chi connectivity index (χ0v) is 16.3. The van der Waals surface area contributed by atoms with Crippen LogP contribution in [0, 0.1) is 6.92 Å². The van der Waals surface area contributed by atoms with Gasteiger partial charge < -0.3 is 9.47 Å². The lowest BCUT2D eigenvalue weighted by Crippen LogP contribution is -1.96. The van der Waals surface area contributed by atoms with Crippen LogP contribution >= 0.6 is 34.3 Å². The summed E-state index contributed by atoms with van der Waals surface area (Å²) >= 11 is 9.56. The molecule has 0 bridgehead atoms. The van der Waals surface area contributed by atoms with E-state index in [1.807, 2.05) is 24.4 Å². The Morgan fingerprint density at radius 3 is 2.76 bits per heavy atom. The van der Waals surface area contributed by atoms with Gasteiger partial charge in [-0.05, 0) is 30.5 Å². The fourth-order valence-corrected chi connectivity index (χ4v) is 4.14. The number of methoxy groups -OCH3 is 2. The first-order chi connectivity index (χ1) is 12.1. The van der Waals surface area contributed by atoms with Crippen LogP contribution in [0.3, 0.4) is 0 Å². The molecule has 0 aliphatic heterocycles. The highest BCUT2D eigenvalue weighted by Crippen LogP contribution is 2.37. The van der Waals surface area contributed by atoms with Gasteiger partial charge in [-0.25, -0.2) is 4.98 Å². The number of anilines is 1. The smallest absolute Gasteiger partial charge is 0.204 e. The summed E-state index contributed by atoms with van der Waals surface area (Å²) in [5, 5.41) is 7.45. The van der Waals surface area contributed by atoms with Gasteiger partial charge in [0.05, 0.1) is 36.0 Å². The first-order valence-corrected chi connectivity index (χ1v) is 9.42. The maximum atomic E-state index is 6.34. The predicted molar refractivity (Wildman–Crippen MR) is 106 cm³/mol. The molecule has 0 aliphatic rings. The molecule has 2 aromatic heterocycles. The van der Waals surface area contributed by atoms with Gasteiger partial charge in [-0.2, -0.15) is 5.10 Å². The average molecular weight is 394 g/mol. The van der Waals surface area contributed by atoms with Crippen molar-refractivity contribution in [2.75, 3.05) is 19.6 Å². The van der Waals surface area contributed by atoms with Crippen molar-refractivity contribution in [1.82, 2.24) is 4.98 Å². The molecule has 0 saturated carbocycles. The van der Waals surface area contributed by atoms with E-state index in [1.54, 1.807) is 49.2 Å². The van der Waals surface area contributed by atoms with Crippen molar-refractivity contribution in [1.29, 1.82) is 0 Å². The minimum Gasteiger partial charge on any atom is -0.493 e. The molecule has 25 heavy (non-hydrogen) atoms. The zero-order chi connectivity index (χ0) is 17.8. The Morgan fingerprint density at radius 2 is 2.08 bits per heavy atom. The van der Waals surface area contributed by atoms with E-state index in [0.29, 0.717) is 16.5 Å². The van der Waals surface area contributed by atoms with E-state index in [0.717, 1.165) is 26.1 Å². The highest BCUT2D eigenvalue weighted by Gasteiger charge is 2.12. The van der Waals surface area contributed by atoms with E-state index in [4.69, 9.17) is 21.1 Å². The van der Waals surface area contributed by atoms with Gasteiger partial charge in [-0.15, -0.1) is 22.7 Å². The number of aromatic nitrogens is 1. The summed E-state index contributed by atoms with van der Waals surface area (Å²) in [5.74, 6) is 1.06. The van der Waals surface area contributed by atoms with Crippen molar-refractivity contribution in [2.45, 2.75) is 6.92 Å². The van der Waals surface area contributed by atoms with Crippen molar-refractivity contribution >= 4 is 45.6 Å². The maximum Gasteiger partial charge on any atom is 0.204 e. The van der Waals surface area contributed by atoms with Crippen LogP contribution < -0.4 is 14.9 Å². The predicted octanol–water partition coefficient (Wildman–Crippen LogP) is 5.30. The second kappa shape index (κ2) is 7.86. The van der Waals surface area contributed by atoms with Gasteiger partial charge in [0.2, 0.25) is 5.13 Å². The molecule has 0 unspecified atom stereocenters. The Balaban J connectivity index is 1.77. The molecule has 0 radical (unpaired) electrons. The highest BCUT2D eigenvalue weighted by atomic mass is 35.5. The monoisotopic (exact) mass is 393 g/mol. The van der Waals surface area contributed by atoms with Crippen LogP contribution in [0.2, 0.25) is 5.02 Å². The van der Waals surface area contributed by atoms with Gasteiger partial charge in [-0.1, -0.05) is 17.7 Å². The Kier molecular flexibility index (Phi) is 5.57. The normalized spacial score (nSPS) is 11.0. The van der Waals surface area contributed by atoms with E-state index in [9.17, 15) is 0 Å². The molecule has 0 atom stereocenters.